The molecule has 11 heteroatoms. The number of hydrogen-bond donors (Lipinski definition) is 3. The van der Waals surface area contributed by atoms with Crippen LogP contribution in [0.1, 0.15) is 24.0 Å². The minimum atomic E-state index is -2.61. The lowest BCUT2D eigenvalue weighted by molar-refractivity contribution is -0.0656. The van der Waals surface area contributed by atoms with Crippen LogP contribution in [0.15, 0.2) is 67.4 Å². The van der Waals surface area contributed by atoms with Crippen LogP contribution in [0.4, 0.5) is 14.6 Å². The molecule has 4 aromatic rings. The fourth-order valence-corrected chi connectivity index (χ4v) is 4.74. The van der Waals surface area contributed by atoms with Gasteiger partial charge in [0.15, 0.2) is 0 Å². The number of piperidine rings is 1. The largest absolute Gasteiger partial charge is 0.492 e. The fourth-order valence-electron chi connectivity index (χ4n) is 4.74. The third-order valence-electron chi connectivity index (χ3n) is 6.78. The van der Waals surface area contributed by atoms with Gasteiger partial charge in [-0.3, -0.25) is 9.30 Å². The lowest BCUT2D eigenvalue weighted by Crippen LogP contribution is -2.44. The number of likely N-dealkylation sites (tertiary alicyclic amines) is 1. The van der Waals surface area contributed by atoms with Crippen molar-refractivity contribution in [2.24, 2.45) is 0 Å². The molecule has 1 aromatic carbocycles. The zero-order valence-electron chi connectivity index (χ0n) is 22.3. The molecule has 3 aromatic heterocycles. The van der Waals surface area contributed by atoms with Crippen molar-refractivity contribution in [2.75, 3.05) is 38.6 Å². The van der Waals surface area contributed by atoms with Crippen molar-refractivity contribution in [3.05, 3.63) is 78.5 Å². The third-order valence-corrected chi connectivity index (χ3v) is 6.78. The summed E-state index contributed by atoms with van der Waals surface area (Å²) >= 11 is 0. The molecule has 0 amide bonds. The van der Waals surface area contributed by atoms with Crippen molar-refractivity contribution in [3.8, 4) is 17.1 Å². The summed E-state index contributed by atoms with van der Waals surface area (Å²) in [6.45, 7) is 1.83. The summed E-state index contributed by atoms with van der Waals surface area (Å²) in [7, 11) is 1.81. The van der Waals surface area contributed by atoms with Crippen LogP contribution in [0.25, 0.3) is 22.6 Å². The van der Waals surface area contributed by atoms with Gasteiger partial charge in [-0.15, -0.1) is 0 Å². The predicted molar refractivity (Wildman–Crippen MR) is 152 cm³/mol. The first kappa shape index (κ1) is 27.2. The van der Waals surface area contributed by atoms with E-state index in [-0.39, 0.29) is 13.0 Å². The molecule has 0 saturated carbocycles. The van der Waals surface area contributed by atoms with Gasteiger partial charge in [0.2, 0.25) is 0 Å². The van der Waals surface area contributed by atoms with E-state index in [4.69, 9.17) is 10.1 Å². The number of fused-ring (bicyclic) bond motifs is 1. The minimum absolute atomic E-state index is 0.0377. The molecule has 5 rings (SSSR count). The van der Waals surface area contributed by atoms with Crippen LogP contribution in [0.5, 0.6) is 5.75 Å². The van der Waals surface area contributed by atoms with E-state index in [2.05, 4.69) is 25.6 Å². The maximum absolute atomic E-state index is 13.6. The van der Waals surface area contributed by atoms with Gasteiger partial charge in [-0.1, -0.05) is 24.3 Å². The van der Waals surface area contributed by atoms with E-state index in [1.54, 1.807) is 17.3 Å². The van der Waals surface area contributed by atoms with Crippen LogP contribution in [-0.4, -0.2) is 69.7 Å². The minimum Gasteiger partial charge on any atom is -0.492 e. The van der Waals surface area contributed by atoms with Crippen LogP contribution in [0.3, 0.4) is 0 Å². The Morgan fingerprint density at radius 1 is 1.15 bits per heavy atom. The fraction of sp³-hybridized carbons (Fsp3) is 0.310. The number of halogens is 2. The first-order valence-corrected chi connectivity index (χ1v) is 13.2. The Kier molecular flexibility index (Phi) is 8.30. The number of pyridine rings is 1. The van der Waals surface area contributed by atoms with E-state index in [1.807, 2.05) is 60.1 Å². The monoisotopic (exact) mass is 546 g/mol. The molecule has 1 fully saturated rings. The zero-order chi connectivity index (χ0) is 28.0. The predicted octanol–water partition coefficient (Wildman–Crippen LogP) is 4.72. The van der Waals surface area contributed by atoms with Gasteiger partial charge < -0.3 is 20.8 Å². The Hall–Kier alpha value is -4.38. The highest BCUT2D eigenvalue weighted by atomic mass is 19.3. The highest BCUT2D eigenvalue weighted by Crippen LogP contribution is 2.27. The first-order valence-electron chi connectivity index (χ1n) is 13.2. The maximum Gasteiger partial charge on any atom is 0.260 e. The summed E-state index contributed by atoms with van der Waals surface area (Å²) in [4.78, 5) is 15.0. The molecule has 1 aliphatic rings. The number of aromatic nitrogens is 4. The molecule has 0 unspecified atom stereocenters. The van der Waals surface area contributed by atoms with Crippen LogP contribution >= 0.6 is 0 Å². The third kappa shape index (κ3) is 6.60. The number of nitrogens with zero attached hydrogens (tertiary/aromatic N) is 5. The van der Waals surface area contributed by atoms with Gasteiger partial charge in [0.05, 0.1) is 24.1 Å². The molecule has 3 N–H and O–H groups in total. The number of allylic oxidation sites excluding steroid dienone is 1. The first-order chi connectivity index (χ1) is 19.4. The number of rotatable bonds is 11. The van der Waals surface area contributed by atoms with Crippen LogP contribution in [0, 0.1) is 5.41 Å². The molecular weight excluding hydrogens is 514 g/mol. The van der Waals surface area contributed by atoms with Gasteiger partial charge in [0, 0.05) is 62.9 Å². The Morgan fingerprint density at radius 2 is 2.00 bits per heavy atom. The molecule has 1 saturated heterocycles. The Balaban J connectivity index is 1.20. The molecule has 208 valence electrons. The molecule has 0 atom stereocenters. The van der Waals surface area contributed by atoms with Crippen molar-refractivity contribution in [3.63, 3.8) is 0 Å². The Morgan fingerprint density at radius 3 is 2.77 bits per heavy atom. The molecular formula is C29H32F2N8O. The normalized spacial score (nSPS) is 15.6. The molecule has 0 radical (unpaired) electrons. The van der Waals surface area contributed by atoms with Crippen LogP contribution in [-0.2, 0) is 6.54 Å². The summed E-state index contributed by atoms with van der Waals surface area (Å²) in [6, 6.07) is 13.5. The van der Waals surface area contributed by atoms with Crippen molar-refractivity contribution in [1.29, 1.82) is 5.41 Å². The average molecular weight is 547 g/mol. The Labute approximate surface area is 231 Å². The van der Waals surface area contributed by atoms with Crippen LogP contribution < -0.4 is 15.4 Å². The summed E-state index contributed by atoms with van der Waals surface area (Å²) in [5.74, 6) is -1.29. The quantitative estimate of drug-likeness (QED) is 0.234. The molecule has 1 aliphatic heterocycles. The van der Waals surface area contributed by atoms with Crippen LogP contribution in [0.2, 0.25) is 0 Å². The van der Waals surface area contributed by atoms with Crippen molar-refractivity contribution < 1.29 is 13.5 Å². The molecule has 40 heavy (non-hydrogen) atoms. The summed E-state index contributed by atoms with van der Waals surface area (Å²) < 4.78 is 35.0. The standard InChI is InChI=1S/C29H32F2N8O/c1-33-17-23(15-32)22-5-3-21(4-6-22)16-34-27-14-25(36-20-37-27)26-18-35-28-13-24(7-10-39(26)28)40-12-11-38-9-2-8-29(30,31)19-38/h3-7,10,13-15,17-18,20,32-33H,2,8-9,11-12,16,19H2,1H3,(H,34,36,37)/b23-17+,32-15?. The van der Waals surface area contributed by atoms with E-state index in [9.17, 15) is 8.78 Å². The molecule has 4 heterocycles. The number of anilines is 1. The molecule has 0 bridgehead atoms. The van der Waals surface area contributed by atoms with E-state index >= 15 is 0 Å². The van der Waals surface area contributed by atoms with E-state index in [0.29, 0.717) is 55.6 Å². The summed E-state index contributed by atoms with van der Waals surface area (Å²) in [5, 5.41) is 13.9. The van der Waals surface area contributed by atoms with E-state index in [0.717, 1.165) is 22.4 Å². The molecule has 0 spiro atoms. The number of benzene rings is 1. The molecule has 0 aliphatic carbocycles. The second-order valence-electron chi connectivity index (χ2n) is 9.69. The van der Waals surface area contributed by atoms with Gasteiger partial charge in [0.25, 0.3) is 5.92 Å². The highest BCUT2D eigenvalue weighted by Gasteiger charge is 2.34. The molecule has 9 nitrogen and oxygen atoms in total. The summed E-state index contributed by atoms with van der Waals surface area (Å²) in [6.07, 6.45) is 8.71. The highest BCUT2D eigenvalue weighted by molar-refractivity contribution is 6.08. The SMILES string of the molecule is CN/C=C(\C=N)c1ccc(CNc2cc(-c3cnc4cc(OCCN5CCCC(F)(F)C5)ccn34)ncn2)cc1. The second kappa shape index (κ2) is 12.2. The average Bonchev–Trinajstić information content (AvgIpc) is 3.38. The number of hydrogen-bond acceptors (Lipinski definition) is 8. The van der Waals surface area contributed by atoms with Crippen molar-refractivity contribution in [2.45, 2.75) is 25.3 Å². The van der Waals surface area contributed by atoms with E-state index in [1.165, 1.54) is 12.5 Å². The number of nitrogens with one attached hydrogen (secondary N) is 3. The second-order valence-corrected chi connectivity index (χ2v) is 9.69. The van der Waals surface area contributed by atoms with Gasteiger partial charge in [-0.25, -0.2) is 23.7 Å². The topological polar surface area (TPSA) is 103 Å². The smallest absolute Gasteiger partial charge is 0.260 e. The lowest BCUT2D eigenvalue weighted by Gasteiger charge is -2.32. The van der Waals surface area contributed by atoms with Gasteiger partial charge in [-0.05, 0) is 30.2 Å². The van der Waals surface area contributed by atoms with E-state index < -0.39 is 5.92 Å². The lowest BCUT2D eigenvalue weighted by atomic mass is 10.1. The van der Waals surface area contributed by atoms with Gasteiger partial charge in [0.1, 0.15) is 30.1 Å². The number of imidazole rings is 1. The van der Waals surface area contributed by atoms with Crippen molar-refractivity contribution >= 4 is 23.3 Å². The number of ether oxygens (including phenoxy) is 1. The van der Waals surface area contributed by atoms with Gasteiger partial charge >= 0.3 is 0 Å². The number of alkyl halides is 2. The summed E-state index contributed by atoms with van der Waals surface area (Å²) in [5.41, 5.74) is 5.07. The maximum atomic E-state index is 13.6. The van der Waals surface area contributed by atoms with Gasteiger partial charge in [-0.2, -0.15) is 0 Å². The Bertz CT molecular complexity index is 1490. The van der Waals surface area contributed by atoms with Crippen molar-refractivity contribution in [1.82, 2.24) is 29.6 Å². The zero-order valence-corrected chi connectivity index (χ0v) is 22.3.